The van der Waals surface area contributed by atoms with Gasteiger partial charge in [0.05, 0.1) is 18.9 Å². The maximum atomic E-state index is 12.1. The molecule has 0 aliphatic rings. The Bertz CT molecular complexity index is 635. The molecule has 2 aromatic heterocycles. The zero-order chi connectivity index (χ0) is 15.1. The largest absolute Gasteiger partial charge is 0.320 e. The quantitative estimate of drug-likeness (QED) is 0.579. The van der Waals surface area contributed by atoms with Gasteiger partial charge in [0, 0.05) is 25.5 Å². The van der Waals surface area contributed by atoms with Crippen molar-refractivity contribution in [2.45, 2.75) is 24.4 Å². The van der Waals surface area contributed by atoms with Crippen molar-refractivity contribution >= 4 is 10.0 Å². The summed E-state index contributed by atoms with van der Waals surface area (Å²) in [5.74, 6) is 0. The van der Waals surface area contributed by atoms with Gasteiger partial charge in [-0.05, 0) is 20.0 Å². The highest BCUT2D eigenvalue weighted by molar-refractivity contribution is 7.89. The van der Waals surface area contributed by atoms with E-state index in [1.54, 1.807) is 21.8 Å². The van der Waals surface area contributed by atoms with Crippen molar-refractivity contribution in [1.82, 2.24) is 34.8 Å². The summed E-state index contributed by atoms with van der Waals surface area (Å²) in [5.41, 5.74) is 0. The lowest BCUT2D eigenvalue weighted by Crippen LogP contribution is -2.27. The number of nitrogens with zero attached hydrogens (tertiary/aromatic N) is 5. The third-order valence-electron chi connectivity index (χ3n) is 2.84. The number of sulfonamides is 1. The highest BCUT2D eigenvalue weighted by Crippen LogP contribution is 2.06. The van der Waals surface area contributed by atoms with Crippen LogP contribution in [0.3, 0.4) is 0 Å². The standard InChI is InChI=1S/C11H19N7O2S/c1-12-3-2-6-18-10-11(9-14-18)21(19,20)15-5-8-17-7-4-13-16-17/h4,7,9-10,12,15H,2-3,5-6,8H2,1H3. The summed E-state index contributed by atoms with van der Waals surface area (Å²) in [6.45, 7) is 2.21. The predicted molar refractivity (Wildman–Crippen MR) is 76.0 cm³/mol. The SMILES string of the molecule is CNCCCn1cc(S(=O)(=O)NCCn2ccnn2)cn1. The highest BCUT2D eigenvalue weighted by atomic mass is 32.2. The van der Waals surface area contributed by atoms with Crippen molar-refractivity contribution < 1.29 is 8.42 Å². The van der Waals surface area contributed by atoms with Gasteiger partial charge in [0.2, 0.25) is 10.0 Å². The van der Waals surface area contributed by atoms with Gasteiger partial charge in [0.15, 0.2) is 0 Å². The Kier molecular flexibility index (Phi) is 5.42. The number of aryl methyl sites for hydroxylation is 1. The van der Waals surface area contributed by atoms with Crippen molar-refractivity contribution in [1.29, 1.82) is 0 Å². The Hall–Kier alpha value is -1.78. The summed E-state index contributed by atoms with van der Waals surface area (Å²) < 4.78 is 29.9. The lowest BCUT2D eigenvalue weighted by Gasteiger charge is -2.04. The van der Waals surface area contributed by atoms with Crippen LogP contribution < -0.4 is 10.0 Å². The van der Waals surface area contributed by atoms with Crippen LogP contribution in [-0.4, -0.2) is 53.3 Å². The second-order valence-corrected chi connectivity index (χ2v) is 6.23. The number of aromatic nitrogens is 5. The summed E-state index contributed by atoms with van der Waals surface area (Å²) >= 11 is 0. The number of nitrogens with one attached hydrogen (secondary N) is 2. The summed E-state index contributed by atoms with van der Waals surface area (Å²) in [4.78, 5) is 0.172. The number of hydrogen-bond donors (Lipinski definition) is 2. The third kappa shape index (κ3) is 4.62. The van der Waals surface area contributed by atoms with Crippen molar-refractivity contribution in [3.05, 3.63) is 24.8 Å². The van der Waals surface area contributed by atoms with Crippen LogP contribution in [0.4, 0.5) is 0 Å². The molecule has 0 bridgehead atoms. The van der Waals surface area contributed by atoms with E-state index in [2.05, 4.69) is 25.4 Å². The molecule has 2 N–H and O–H groups in total. The molecule has 116 valence electrons. The molecule has 2 heterocycles. The minimum Gasteiger partial charge on any atom is -0.320 e. The summed E-state index contributed by atoms with van der Waals surface area (Å²) in [5, 5.41) is 14.5. The molecule has 0 saturated carbocycles. The number of rotatable bonds is 9. The Morgan fingerprint density at radius 3 is 2.81 bits per heavy atom. The average molecular weight is 313 g/mol. The monoisotopic (exact) mass is 313 g/mol. The van der Waals surface area contributed by atoms with Gasteiger partial charge in [-0.3, -0.25) is 9.36 Å². The molecule has 0 aliphatic carbocycles. The van der Waals surface area contributed by atoms with E-state index in [1.807, 2.05) is 7.05 Å². The van der Waals surface area contributed by atoms with Crippen LogP contribution in [-0.2, 0) is 23.1 Å². The molecule has 0 atom stereocenters. The fourth-order valence-corrected chi connectivity index (χ4v) is 2.73. The normalized spacial score (nSPS) is 11.9. The topological polar surface area (TPSA) is 107 Å². The molecule has 0 amide bonds. The molecule has 9 nitrogen and oxygen atoms in total. The second-order valence-electron chi connectivity index (χ2n) is 4.46. The Morgan fingerprint density at radius 2 is 2.10 bits per heavy atom. The molecule has 0 unspecified atom stereocenters. The van der Waals surface area contributed by atoms with Gasteiger partial charge in [-0.1, -0.05) is 5.21 Å². The van der Waals surface area contributed by atoms with Crippen molar-refractivity contribution in [2.24, 2.45) is 0 Å². The third-order valence-corrected chi connectivity index (χ3v) is 4.25. The Morgan fingerprint density at radius 1 is 1.24 bits per heavy atom. The Labute approximate surface area is 123 Å². The zero-order valence-electron chi connectivity index (χ0n) is 11.8. The summed E-state index contributed by atoms with van der Waals surface area (Å²) in [7, 11) is -1.66. The average Bonchev–Trinajstić information content (AvgIpc) is 3.10. The van der Waals surface area contributed by atoms with Crippen LogP contribution in [0.5, 0.6) is 0 Å². The van der Waals surface area contributed by atoms with Gasteiger partial charge in [-0.25, -0.2) is 13.1 Å². The van der Waals surface area contributed by atoms with E-state index in [-0.39, 0.29) is 11.4 Å². The molecule has 0 saturated heterocycles. The molecule has 0 spiro atoms. The minimum atomic E-state index is -3.53. The van der Waals surface area contributed by atoms with E-state index in [9.17, 15) is 8.42 Å². The minimum absolute atomic E-state index is 0.172. The van der Waals surface area contributed by atoms with Gasteiger partial charge in [-0.2, -0.15) is 5.10 Å². The maximum absolute atomic E-state index is 12.1. The smallest absolute Gasteiger partial charge is 0.243 e. The molecule has 0 fully saturated rings. The van der Waals surface area contributed by atoms with Crippen LogP contribution in [0, 0.1) is 0 Å². The van der Waals surface area contributed by atoms with E-state index >= 15 is 0 Å². The number of hydrogen-bond acceptors (Lipinski definition) is 6. The summed E-state index contributed by atoms with van der Waals surface area (Å²) in [6.07, 6.45) is 7.00. The molecule has 0 aromatic carbocycles. The second kappa shape index (κ2) is 7.29. The van der Waals surface area contributed by atoms with Gasteiger partial charge in [0.1, 0.15) is 4.90 Å². The molecular formula is C11H19N7O2S. The molecule has 2 aromatic rings. The van der Waals surface area contributed by atoms with E-state index in [0.717, 1.165) is 13.0 Å². The van der Waals surface area contributed by atoms with Crippen molar-refractivity contribution in [3.63, 3.8) is 0 Å². The first-order valence-electron chi connectivity index (χ1n) is 6.62. The van der Waals surface area contributed by atoms with Gasteiger partial charge in [-0.15, -0.1) is 5.10 Å². The van der Waals surface area contributed by atoms with Crippen LogP contribution in [0.25, 0.3) is 0 Å². The van der Waals surface area contributed by atoms with Crippen LogP contribution in [0.15, 0.2) is 29.7 Å². The zero-order valence-corrected chi connectivity index (χ0v) is 12.6. The first-order valence-corrected chi connectivity index (χ1v) is 8.11. The van der Waals surface area contributed by atoms with E-state index in [1.165, 1.54) is 12.4 Å². The lowest BCUT2D eigenvalue weighted by atomic mass is 10.4. The Balaban J connectivity index is 1.86. The predicted octanol–water partition coefficient (Wildman–Crippen LogP) is -0.937. The highest BCUT2D eigenvalue weighted by Gasteiger charge is 2.15. The first-order chi connectivity index (χ1) is 10.1. The maximum Gasteiger partial charge on any atom is 0.243 e. The lowest BCUT2D eigenvalue weighted by molar-refractivity contribution is 0.550. The van der Waals surface area contributed by atoms with Gasteiger partial charge < -0.3 is 5.32 Å². The van der Waals surface area contributed by atoms with E-state index in [0.29, 0.717) is 13.1 Å². The van der Waals surface area contributed by atoms with Crippen molar-refractivity contribution in [3.8, 4) is 0 Å². The van der Waals surface area contributed by atoms with Crippen molar-refractivity contribution in [2.75, 3.05) is 20.1 Å². The molecule has 21 heavy (non-hydrogen) atoms. The van der Waals surface area contributed by atoms with Gasteiger partial charge in [0.25, 0.3) is 0 Å². The molecule has 10 heteroatoms. The van der Waals surface area contributed by atoms with E-state index < -0.39 is 10.0 Å². The molecule has 0 aliphatic heterocycles. The van der Waals surface area contributed by atoms with Gasteiger partial charge >= 0.3 is 0 Å². The van der Waals surface area contributed by atoms with Crippen LogP contribution >= 0.6 is 0 Å². The van der Waals surface area contributed by atoms with E-state index in [4.69, 9.17) is 0 Å². The fourth-order valence-electron chi connectivity index (χ4n) is 1.75. The molecular weight excluding hydrogens is 294 g/mol. The molecule has 0 radical (unpaired) electrons. The molecule has 2 rings (SSSR count). The fraction of sp³-hybridized carbons (Fsp3) is 0.545. The summed E-state index contributed by atoms with van der Waals surface area (Å²) in [6, 6.07) is 0. The first kappa shape index (κ1) is 15.6. The van der Waals surface area contributed by atoms with Crippen LogP contribution in [0.2, 0.25) is 0 Å². The van der Waals surface area contributed by atoms with Crippen LogP contribution in [0.1, 0.15) is 6.42 Å².